The summed E-state index contributed by atoms with van der Waals surface area (Å²) in [5, 5.41) is 12.8. The number of nitrogens with one attached hydrogen (secondary N) is 1. The molecule has 0 fully saturated rings. The van der Waals surface area contributed by atoms with Crippen molar-refractivity contribution >= 4 is 74.5 Å². The molecule has 0 aliphatic heterocycles. The first-order chi connectivity index (χ1) is 15.4. The number of amides is 1. The third-order valence-corrected chi connectivity index (χ3v) is 6.10. The van der Waals surface area contributed by atoms with Crippen LogP contribution in [-0.4, -0.2) is 13.0 Å². The molecule has 0 radical (unpaired) electrons. The Morgan fingerprint density at radius 2 is 1.81 bits per heavy atom. The van der Waals surface area contributed by atoms with Gasteiger partial charge in [0.1, 0.15) is 18.2 Å². The quantitative estimate of drug-likeness (QED) is 0.173. The van der Waals surface area contributed by atoms with Crippen LogP contribution >= 0.6 is 56.8 Å². The van der Waals surface area contributed by atoms with Crippen LogP contribution in [0.2, 0.25) is 5.02 Å². The number of carbonyl (C=O) groups excluding carboxylic acids is 1. The summed E-state index contributed by atoms with van der Waals surface area (Å²) < 4.78 is 13.5. The molecule has 1 N–H and O–H groups in total. The molecular weight excluding hydrogens is 654 g/mol. The maximum Gasteiger partial charge on any atom is 0.266 e. The summed E-state index contributed by atoms with van der Waals surface area (Å²) in [6, 6.07) is 20.2. The Morgan fingerprint density at radius 1 is 1.12 bits per heavy atom. The Kier molecular flexibility index (Phi) is 8.78. The second-order valence-electron chi connectivity index (χ2n) is 6.58. The molecule has 0 aromatic heterocycles. The van der Waals surface area contributed by atoms with Crippen LogP contribution in [0.4, 0.5) is 5.69 Å². The van der Waals surface area contributed by atoms with Crippen molar-refractivity contribution in [2.45, 2.75) is 6.61 Å². The molecule has 5 nitrogen and oxygen atoms in total. The second kappa shape index (κ2) is 11.5. The van der Waals surface area contributed by atoms with E-state index >= 15 is 0 Å². The first-order valence-corrected chi connectivity index (χ1v) is 11.9. The number of nitrogens with zero attached hydrogens (tertiary/aromatic N) is 1. The fourth-order valence-corrected chi connectivity index (χ4v) is 4.01. The van der Waals surface area contributed by atoms with Gasteiger partial charge in [-0.2, -0.15) is 5.26 Å². The smallest absolute Gasteiger partial charge is 0.266 e. The van der Waals surface area contributed by atoms with Crippen molar-refractivity contribution in [3.63, 3.8) is 0 Å². The normalized spacial score (nSPS) is 10.9. The molecule has 3 aromatic carbocycles. The van der Waals surface area contributed by atoms with E-state index in [-0.39, 0.29) is 5.57 Å². The van der Waals surface area contributed by atoms with Crippen LogP contribution in [0.25, 0.3) is 6.08 Å². The minimum Gasteiger partial charge on any atom is -0.493 e. The van der Waals surface area contributed by atoms with Gasteiger partial charge in [-0.15, -0.1) is 0 Å². The maximum absolute atomic E-state index is 12.5. The zero-order valence-electron chi connectivity index (χ0n) is 16.9. The highest BCUT2D eigenvalue weighted by Crippen LogP contribution is 2.35. The monoisotopic (exact) mass is 670 g/mol. The van der Waals surface area contributed by atoms with Gasteiger partial charge in [-0.25, -0.2) is 0 Å². The molecule has 1 amide bonds. The van der Waals surface area contributed by atoms with Gasteiger partial charge in [0.25, 0.3) is 5.91 Å². The number of carbonyl (C=O) groups is 1. The number of halogens is 3. The fourth-order valence-electron chi connectivity index (χ4n) is 2.75. The molecule has 0 saturated heterocycles. The Bertz CT molecular complexity index is 1190. The summed E-state index contributed by atoms with van der Waals surface area (Å²) in [4.78, 5) is 12.5. The van der Waals surface area contributed by atoms with Gasteiger partial charge in [0.05, 0.1) is 10.7 Å². The average Bonchev–Trinajstić information content (AvgIpc) is 2.79. The van der Waals surface area contributed by atoms with E-state index in [1.165, 1.54) is 6.08 Å². The van der Waals surface area contributed by atoms with Gasteiger partial charge in [0.15, 0.2) is 11.5 Å². The second-order valence-corrected chi connectivity index (χ2v) is 9.42. The number of hydrogen-bond acceptors (Lipinski definition) is 4. The van der Waals surface area contributed by atoms with Crippen LogP contribution in [0.15, 0.2) is 66.2 Å². The molecule has 0 unspecified atom stereocenters. The van der Waals surface area contributed by atoms with Gasteiger partial charge in [-0.3, -0.25) is 4.79 Å². The summed E-state index contributed by atoms with van der Waals surface area (Å²) in [6.07, 6.45) is 1.51. The molecule has 8 heteroatoms. The van der Waals surface area contributed by atoms with Gasteiger partial charge < -0.3 is 14.8 Å². The van der Waals surface area contributed by atoms with Gasteiger partial charge in [-0.05, 0) is 111 Å². The molecule has 0 spiro atoms. The molecule has 162 valence electrons. The molecule has 3 rings (SSSR count). The minimum atomic E-state index is -0.511. The third kappa shape index (κ3) is 6.60. The maximum atomic E-state index is 12.5. The SMILES string of the molecule is COc1cc(/C=C(/C#N)C(=O)Nc2ccc(Cl)cc2)cc(I)c1OCc1ccc(I)cc1. The van der Waals surface area contributed by atoms with Crippen LogP contribution in [0.3, 0.4) is 0 Å². The molecule has 3 aromatic rings. The first kappa shape index (κ1) is 24.4. The van der Waals surface area contributed by atoms with Crippen LogP contribution in [0.5, 0.6) is 11.5 Å². The van der Waals surface area contributed by atoms with Crippen LogP contribution in [0.1, 0.15) is 11.1 Å². The summed E-state index contributed by atoms with van der Waals surface area (Å²) in [5.41, 5.74) is 2.20. The van der Waals surface area contributed by atoms with E-state index in [4.69, 9.17) is 21.1 Å². The predicted octanol–water partition coefficient (Wildman–Crippen LogP) is 6.68. The summed E-state index contributed by atoms with van der Waals surface area (Å²) in [7, 11) is 1.55. The number of ether oxygens (including phenoxy) is 2. The minimum absolute atomic E-state index is 0.0367. The third-order valence-electron chi connectivity index (χ3n) is 4.33. The Balaban J connectivity index is 1.80. The number of benzene rings is 3. The van der Waals surface area contributed by atoms with E-state index in [1.54, 1.807) is 37.4 Å². The van der Waals surface area contributed by atoms with E-state index < -0.39 is 5.91 Å². The van der Waals surface area contributed by atoms with Crippen molar-refractivity contribution in [3.05, 3.63) is 89.5 Å². The molecule has 0 heterocycles. The topological polar surface area (TPSA) is 71.3 Å². The molecular formula is C24H17ClI2N2O3. The Labute approximate surface area is 218 Å². The Hall–Kier alpha value is -2.29. The highest BCUT2D eigenvalue weighted by molar-refractivity contribution is 14.1. The number of hydrogen-bond donors (Lipinski definition) is 1. The van der Waals surface area contributed by atoms with Gasteiger partial charge in [0.2, 0.25) is 0 Å². The van der Waals surface area contributed by atoms with Gasteiger partial charge in [-0.1, -0.05) is 23.7 Å². The highest BCUT2D eigenvalue weighted by Gasteiger charge is 2.14. The largest absolute Gasteiger partial charge is 0.493 e. The summed E-state index contributed by atoms with van der Waals surface area (Å²) >= 11 is 10.3. The van der Waals surface area contributed by atoms with Gasteiger partial charge >= 0.3 is 0 Å². The number of methoxy groups -OCH3 is 1. The standard InChI is InChI=1S/C24H17ClI2N2O3/c1-31-22-12-16(10-17(13-28)24(30)29-20-8-4-18(25)5-9-20)11-21(27)23(22)32-14-15-2-6-19(26)7-3-15/h2-12H,14H2,1H3,(H,29,30)/b17-10-. The zero-order valence-corrected chi connectivity index (χ0v) is 21.9. The lowest BCUT2D eigenvalue weighted by atomic mass is 10.1. The molecule has 0 aliphatic carbocycles. The number of rotatable bonds is 7. The lowest BCUT2D eigenvalue weighted by Gasteiger charge is -2.14. The van der Waals surface area contributed by atoms with E-state index in [0.29, 0.717) is 34.4 Å². The number of nitriles is 1. The van der Waals surface area contributed by atoms with Crippen LogP contribution in [-0.2, 0) is 11.4 Å². The van der Waals surface area contributed by atoms with Crippen molar-refractivity contribution < 1.29 is 14.3 Å². The average molecular weight is 671 g/mol. The van der Waals surface area contributed by atoms with E-state index in [0.717, 1.165) is 12.7 Å². The highest BCUT2D eigenvalue weighted by atomic mass is 127. The van der Waals surface area contributed by atoms with E-state index in [9.17, 15) is 10.1 Å². The molecule has 0 atom stereocenters. The molecule has 0 bridgehead atoms. The van der Waals surface area contributed by atoms with Gasteiger partial charge in [0, 0.05) is 14.3 Å². The zero-order chi connectivity index (χ0) is 23.1. The molecule has 32 heavy (non-hydrogen) atoms. The predicted molar refractivity (Wildman–Crippen MR) is 143 cm³/mol. The lowest BCUT2D eigenvalue weighted by molar-refractivity contribution is -0.112. The summed E-state index contributed by atoms with van der Waals surface area (Å²) in [5.74, 6) is 0.611. The fraction of sp³-hybridized carbons (Fsp3) is 0.0833. The van der Waals surface area contributed by atoms with Crippen molar-refractivity contribution in [2.24, 2.45) is 0 Å². The van der Waals surface area contributed by atoms with Crippen LogP contribution in [0, 0.1) is 18.5 Å². The summed E-state index contributed by atoms with van der Waals surface area (Å²) in [6.45, 7) is 0.394. The van der Waals surface area contributed by atoms with Crippen molar-refractivity contribution in [1.29, 1.82) is 5.26 Å². The van der Waals surface area contributed by atoms with Crippen molar-refractivity contribution in [3.8, 4) is 17.6 Å². The van der Waals surface area contributed by atoms with E-state index in [2.05, 4.69) is 50.5 Å². The Morgan fingerprint density at radius 3 is 2.44 bits per heavy atom. The van der Waals surface area contributed by atoms with Crippen LogP contribution < -0.4 is 14.8 Å². The number of anilines is 1. The van der Waals surface area contributed by atoms with Crippen molar-refractivity contribution in [1.82, 2.24) is 0 Å². The molecule has 0 aliphatic rings. The lowest BCUT2D eigenvalue weighted by Crippen LogP contribution is -2.13. The first-order valence-electron chi connectivity index (χ1n) is 9.33. The van der Waals surface area contributed by atoms with Crippen molar-refractivity contribution in [2.75, 3.05) is 12.4 Å². The van der Waals surface area contributed by atoms with E-state index in [1.807, 2.05) is 36.4 Å². The molecule has 0 saturated carbocycles.